The molecule has 1 aliphatic carbocycles. The fraction of sp³-hybridized carbons (Fsp3) is 0.632. The van der Waals surface area contributed by atoms with E-state index in [1.807, 2.05) is 12.1 Å². The van der Waals surface area contributed by atoms with Crippen molar-refractivity contribution in [2.24, 2.45) is 0 Å². The third-order valence-electron chi connectivity index (χ3n) is 5.18. The third kappa shape index (κ3) is 3.84. The van der Waals surface area contributed by atoms with E-state index < -0.39 is 0 Å². The molecule has 2 fully saturated rings. The van der Waals surface area contributed by atoms with Crippen LogP contribution in [0.2, 0.25) is 0 Å². The summed E-state index contributed by atoms with van der Waals surface area (Å²) in [6.45, 7) is 0.612. The predicted molar refractivity (Wildman–Crippen MR) is 93.5 cm³/mol. The first-order valence-electron chi connectivity index (χ1n) is 8.81. The number of nitrogens with one attached hydrogen (secondary N) is 1. The Morgan fingerprint density at radius 1 is 1.16 bits per heavy atom. The molecule has 1 N–H and O–H groups in total. The molecule has 1 aromatic carbocycles. The van der Waals surface area contributed by atoms with Crippen molar-refractivity contribution >= 4 is 5.91 Å². The molecule has 1 heterocycles. The Balaban J connectivity index is 1.63. The van der Waals surface area contributed by atoms with E-state index in [4.69, 9.17) is 18.9 Å². The number of carbonyl (C=O) groups excluding carboxylic acids is 1. The highest BCUT2D eigenvalue weighted by Gasteiger charge is 2.42. The molecule has 0 radical (unpaired) electrons. The van der Waals surface area contributed by atoms with Crippen molar-refractivity contribution in [2.75, 3.05) is 27.9 Å². The molecule has 0 aromatic heterocycles. The number of hydrogen-bond donors (Lipinski definition) is 1. The van der Waals surface area contributed by atoms with Crippen LogP contribution in [0.15, 0.2) is 12.1 Å². The molecule has 1 saturated heterocycles. The van der Waals surface area contributed by atoms with Crippen molar-refractivity contribution in [3.8, 4) is 17.2 Å². The zero-order chi connectivity index (χ0) is 17.9. The molecule has 1 unspecified atom stereocenters. The molecule has 1 atom stereocenters. The Morgan fingerprint density at radius 2 is 1.80 bits per heavy atom. The van der Waals surface area contributed by atoms with Gasteiger partial charge in [0, 0.05) is 0 Å². The maximum atomic E-state index is 12.4. The van der Waals surface area contributed by atoms with Crippen LogP contribution < -0.4 is 19.5 Å². The van der Waals surface area contributed by atoms with Crippen LogP contribution in [0.4, 0.5) is 0 Å². The lowest BCUT2D eigenvalue weighted by Gasteiger charge is -2.21. The third-order valence-corrected chi connectivity index (χ3v) is 5.18. The average Bonchev–Trinajstić information content (AvgIpc) is 3.23. The van der Waals surface area contributed by atoms with Crippen LogP contribution in [0.25, 0.3) is 0 Å². The van der Waals surface area contributed by atoms with Crippen LogP contribution in [0, 0.1) is 0 Å². The van der Waals surface area contributed by atoms with Gasteiger partial charge in [0.2, 0.25) is 11.7 Å². The molecular formula is C19H27NO5. The van der Waals surface area contributed by atoms with E-state index in [2.05, 4.69) is 5.32 Å². The monoisotopic (exact) mass is 349 g/mol. The van der Waals surface area contributed by atoms with Gasteiger partial charge in [-0.25, -0.2) is 0 Å². The molecule has 0 bridgehead atoms. The van der Waals surface area contributed by atoms with E-state index >= 15 is 0 Å². The standard InChI is InChI=1S/C19H27NO5/c1-22-15-8-13(9-16(23-2)18(15)24-3)10-17(21)20-14-11-19(25-12-14)6-4-5-7-19/h8-9,14H,4-7,10-12H2,1-3H3,(H,20,21). The lowest BCUT2D eigenvalue weighted by Crippen LogP contribution is -2.37. The quantitative estimate of drug-likeness (QED) is 0.855. The van der Waals surface area contributed by atoms with Crippen LogP contribution in [-0.2, 0) is 16.0 Å². The fourth-order valence-corrected chi connectivity index (χ4v) is 4.01. The first kappa shape index (κ1) is 17.9. The number of carbonyl (C=O) groups is 1. The van der Waals surface area contributed by atoms with Crippen LogP contribution in [0.3, 0.4) is 0 Å². The Morgan fingerprint density at radius 3 is 2.36 bits per heavy atom. The van der Waals surface area contributed by atoms with Crippen molar-refractivity contribution in [1.82, 2.24) is 5.32 Å². The first-order chi connectivity index (χ1) is 12.1. The van der Waals surface area contributed by atoms with Crippen molar-refractivity contribution in [3.63, 3.8) is 0 Å². The number of methoxy groups -OCH3 is 3. The normalized spacial score (nSPS) is 21.3. The highest BCUT2D eigenvalue weighted by molar-refractivity contribution is 5.79. The second-order valence-corrected chi connectivity index (χ2v) is 6.88. The fourth-order valence-electron chi connectivity index (χ4n) is 4.01. The lowest BCUT2D eigenvalue weighted by atomic mass is 9.96. The summed E-state index contributed by atoms with van der Waals surface area (Å²) in [5, 5.41) is 3.11. The van der Waals surface area contributed by atoms with E-state index in [0.29, 0.717) is 23.9 Å². The number of ether oxygens (including phenoxy) is 4. The van der Waals surface area contributed by atoms with Crippen molar-refractivity contribution in [2.45, 2.75) is 50.2 Å². The Bertz CT molecular complexity index is 599. The van der Waals surface area contributed by atoms with Crippen molar-refractivity contribution in [1.29, 1.82) is 0 Å². The maximum absolute atomic E-state index is 12.4. The van der Waals surface area contributed by atoms with Gasteiger partial charge in [0.05, 0.1) is 46.0 Å². The van der Waals surface area contributed by atoms with E-state index in [9.17, 15) is 4.79 Å². The minimum absolute atomic E-state index is 0.0158. The van der Waals surface area contributed by atoms with Gasteiger partial charge in [0.1, 0.15) is 0 Å². The summed E-state index contributed by atoms with van der Waals surface area (Å²) in [6, 6.07) is 3.72. The molecule has 138 valence electrons. The van der Waals surface area contributed by atoms with Crippen LogP contribution >= 0.6 is 0 Å². The molecule has 6 nitrogen and oxygen atoms in total. The van der Waals surface area contributed by atoms with E-state index in [0.717, 1.165) is 24.8 Å². The Kier molecular flexibility index (Phi) is 5.37. The van der Waals surface area contributed by atoms with Gasteiger partial charge in [-0.05, 0) is 37.0 Å². The predicted octanol–water partition coefficient (Wildman–Crippen LogP) is 2.47. The molecule has 1 saturated carbocycles. The molecule has 1 aromatic rings. The summed E-state index contributed by atoms with van der Waals surface area (Å²) in [7, 11) is 4.70. The van der Waals surface area contributed by atoms with E-state index in [1.54, 1.807) is 21.3 Å². The molecule has 2 aliphatic rings. The average molecular weight is 349 g/mol. The number of amides is 1. The minimum Gasteiger partial charge on any atom is -0.493 e. The second kappa shape index (κ2) is 7.52. The maximum Gasteiger partial charge on any atom is 0.224 e. The van der Waals surface area contributed by atoms with Crippen molar-refractivity contribution in [3.05, 3.63) is 17.7 Å². The van der Waals surface area contributed by atoms with Crippen LogP contribution in [-0.4, -0.2) is 45.5 Å². The largest absolute Gasteiger partial charge is 0.493 e. The van der Waals surface area contributed by atoms with Crippen molar-refractivity contribution < 1.29 is 23.7 Å². The topological polar surface area (TPSA) is 66.0 Å². The Labute approximate surface area is 148 Å². The van der Waals surface area contributed by atoms with Crippen LogP contribution in [0.5, 0.6) is 17.2 Å². The lowest BCUT2D eigenvalue weighted by molar-refractivity contribution is -0.121. The van der Waals surface area contributed by atoms with Gasteiger partial charge in [-0.2, -0.15) is 0 Å². The van der Waals surface area contributed by atoms with E-state index in [1.165, 1.54) is 12.8 Å². The van der Waals surface area contributed by atoms with Gasteiger partial charge in [-0.1, -0.05) is 12.8 Å². The van der Waals surface area contributed by atoms with E-state index in [-0.39, 0.29) is 24.0 Å². The molecule has 6 heteroatoms. The van der Waals surface area contributed by atoms with Gasteiger partial charge >= 0.3 is 0 Å². The van der Waals surface area contributed by atoms with Crippen LogP contribution in [0.1, 0.15) is 37.7 Å². The number of benzene rings is 1. The van der Waals surface area contributed by atoms with Gasteiger partial charge < -0.3 is 24.3 Å². The molecule has 1 spiro atoms. The minimum atomic E-state index is -0.0158. The zero-order valence-corrected chi connectivity index (χ0v) is 15.2. The van der Waals surface area contributed by atoms with Gasteiger partial charge in [-0.3, -0.25) is 4.79 Å². The smallest absolute Gasteiger partial charge is 0.224 e. The number of hydrogen-bond acceptors (Lipinski definition) is 5. The molecular weight excluding hydrogens is 322 g/mol. The van der Waals surface area contributed by atoms with Gasteiger partial charge in [0.15, 0.2) is 11.5 Å². The highest BCUT2D eigenvalue weighted by Crippen LogP contribution is 2.41. The zero-order valence-electron chi connectivity index (χ0n) is 15.2. The highest BCUT2D eigenvalue weighted by atomic mass is 16.5. The molecule has 1 amide bonds. The second-order valence-electron chi connectivity index (χ2n) is 6.88. The Hall–Kier alpha value is -1.95. The summed E-state index contributed by atoms with van der Waals surface area (Å²) < 4.78 is 22.0. The molecule has 1 aliphatic heterocycles. The molecule has 3 rings (SSSR count). The summed E-state index contributed by atoms with van der Waals surface area (Å²) in [4.78, 5) is 12.4. The first-order valence-corrected chi connectivity index (χ1v) is 8.81. The van der Waals surface area contributed by atoms with Gasteiger partial charge in [-0.15, -0.1) is 0 Å². The van der Waals surface area contributed by atoms with Gasteiger partial charge in [0.25, 0.3) is 0 Å². The SMILES string of the molecule is COc1cc(CC(=O)NC2COC3(CCCC3)C2)cc(OC)c1OC. The number of rotatable bonds is 6. The summed E-state index contributed by atoms with van der Waals surface area (Å²) in [5.74, 6) is 1.62. The summed E-state index contributed by atoms with van der Waals surface area (Å²) in [5.41, 5.74) is 0.839. The summed E-state index contributed by atoms with van der Waals surface area (Å²) >= 11 is 0. The summed E-state index contributed by atoms with van der Waals surface area (Å²) in [6.07, 6.45) is 5.88. The molecule has 25 heavy (non-hydrogen) atoms.